The van der Waals surface area contributed by atoms with Gasteiger partial charge in [0.15, 0.2) is 0 Å². The van der Waals surface area contributed by atoms with E-state index in [4.69, 9.17) is 0 Å². The van der Waals surface area contributed by atoms with Gasteiger partial charge in [0.05, 0.1) is 18.5 Å². The molecule has 8 heteroatoms. The lowest BCUT2D eigenvalue weighted by atomic mass is 10.1. The van der Waals surface area contributed by atoms with Gasteiger partial charge in [0.1, 0.15) is 5.01 Å². The zero-order valence-corrected chi connectivity index (χ0v) is 15.0. The van der Waals surface area contributed by atoms with Crippen molar-refractivity contribution in [2.75, 3.05) is 20.1 Å². The average molecular weight is 364 g/mol. The van der Waals surface area contributed by atoms with Crippen LogP contribution in [0.25, 0.3) is 0 Å². The maximum absolute atomic E-state index is 12.5. The van der Waals surface area contributed by atoms with Crippen LogP contribution < -0.4 is 10.6 Å². The Hall–Kier alpha value is -1.77. The number of thiazole rings is 1. The minimum Gasteiger partial charge on any atom is -0.353 e. The molecule has 0 aromatic carbocycles. The molecule has 0 saturated carbocycles. The second-order valence-electron chi connectivity index (χ2n) is 5.77. The molecule has 3 rings (SSSR count). The van der Waals surface area contributed by atoms with E-state index in [2.05, 4.69) is 21.7 Å². The normalized spacial score (nSPS) is 19.7. The largest absolute Gasteiger partial charge is 0.353 e. The van der Waals surface area contributed by atoms with Gasteiger partial charge in [0.25, 0.3) is 0 Å². The van der Waals surface area contributed by atoms with Crippen molar-refractivity contribution in [3.8, 4) is 0 Å². The number of rotatable bonds is 6. The number of hydrogen-bond acceptors (Lipinski definition) is 6. The summed E-state index contributed by atoms with van der Waals surface area (Å²) in [5.74, 6) is -0.205. The Morgan fingerprint density at radius 2 is 2.38 bits per heavy atom. The van der Waals surface area contributed by atoms with Gasteiger partial charge >= 0.3 is 0 Å². The Kier molecular flexibility index (Phi) is 5.60. The monoisotopic (exact) mass is 364 g/mol. The summed E-state index contributed by atoms with van der Waals surface area (Å²) >= 11 is 3.20. The summed E-state index contributed by atoms with van der Waals surface area (Å²) in [4.78, 5) is 31.9. The molecule has 1 saturated heterocycles. The Morgan fingerprint density at radius 3 is 3.04 bits per heavy atom. The lowest BCUT2D eigenvalue weighted by Gasteiger charge is -2.31. The molecule has 0 unspecified atom stereocenters. The second kappa shape index (κ2) is 7.87. The average Bonchev–Trinajstić information content (AvgIpc) is 3.23. The molecular formula is C16H20N4O2S2. The van der Waals surface area contributed by atoms with E-state index in [1.54, 1.807) is 17.5 Å². The molecule has 128 valence electrons. The number of likely N-dealkylation sites (N-methyl/N-ethyl adjacent to an activating group) is 1. The third kappa shape index (κ3) is 4.19. The molecule has 2 aromatic rings. The first kappa shape index (κ1) is 17.1. The number of hydrogen-bond donors (Lipinski definition) is 2. The number of thiophene rings is 1. The molecule has 2 atom stereocenters. The van der Waals surface area contributed by atoms with E-state index in [0.29, 0.717) is 13.0 Å². The maximum atomic E-state index is 12.5. The molecule has 1 fully saturated rings. The first-order chi connectivity index (χ1) is 11.6. The highest BCUT2D eigenvalue weighted by Crippen LogP contribution is 2.23. The fourth-order valence-electron chi connectivity index (χ4n) is 2.74. The van der Waals surface area contributed by atoms with Crippen molar-refractivity contribution < 1.29 is 9.59 Å². The first-order valence-electron chi connectivity index (χ1n) is 7.82. The van der Waals surface area contributed by atoms with Crippen LogP contribution in [0.4, 0.5) is 0 Å². The van der Waals surface area contributed by atoms with Crippen molar-refractivity contribution >= 4 is 34.5 Å². The lowest BCUT2D eigenvalue weighted by molar-refractivity contribution is -0.133. The molecule has 0 spiro atoms. The molecule has 0 aliphatic carbocycles. The van der Waals surface area contributed by atoms with E-state index >= 15 is 0 Å². The van der Waals surface area contributed by atoms with Crippen molar-refractivity contribution in [3.63, 3.8) is 0 Å². The third-order valence-electron chi connectivity index (χ3n) is 4.05. The quantitative estimate of drug-likeness (QED) is 0.813. The summed E-state index contributed by atoms with van der Waals surface area (Å²) in [5.41, 5.74) is 0. The molecule has 3 heterocycles. The van der Waals surface area contributed by atoms with E-state index < -0.39 is 6.04 Å². The zero-order valence-electron chi connectivity index (χ0n) is 13.4. The van der Waals surface area contributed by atoms with Gasteiger partial charge in [-0.05, 0) is 18.5 Å². The van der Waals surface area contributed by atoms with Gasteiger partial charge in [-0.15, -0.1) is 22.7 Å². The van der Waals surface area contributed by atoms with Crippen molar-refractivity contribution in [3.05, 3.63) is 39.0 Å². The van der Waals surface area contributed by atoms with Crippen LogP contribution in [0.1, 0.15) is 22.3 Å². The predicted molar refractivity (Wildman–Crippen MR) is 95.1 cm³/mol. The van der Waals surface area contributed by atoms with Gasteiger partial charge < -0.3 is 10.6 Å². The molecule has 2 aromatic heterocycles. The van der Waals surface area contributed by atoms with Gasteiger partial charge in [0, 0.05) is 36.0 Å². The Morgan fingerprint density at radius 1 is 1.50 bits per heavy atom. The molecule has 2 N–H and O–H groups in total. The highest BCUT2D eigenvalue weighted by Gasteiger charge is 2.30. The van der Waals surface area contributed by atoms with Gasteiger partial charge in [-0.25, -0.2) is 4.98 Å². The van der Waals surface area contributed by atoms with Crippen LogP contribution in [-0.2, 0) is 16.0 Å². The van der Waals surface area contributed by atoms with E-state index in [9.17, 15) is 9.59 Å². The number of nitrogens with one attached hydrogen (secondary N) is 2. The fraction of sp³-hybridized carbons (Fsp3) is 0.438. The van der Waals surface area contributed by atoms with Crippen LogP contribution in [0, 0.1) is 0 Å². The molecule has 0 bridgehead atoms. The van der Waals surface area contributed by atoms with E-state index in [0.717, 1.165) is 11.6 Å². The molecule has 24 heavy (non-hydrogen) atoms. The van der Waals surface area contributed by atoms with Crippen molar-refractivity contribution in [1.29, 1.82) is 0 Å². The summed E-state index contributed by atoms with van der Waals surface area (Å²) in [5, 5.41) is 10.7. The van der Waals surface area contributed by atoms with Gasteiger partial charge in [-0.1, -0.05) is 6.07 Å². The molecule has 1 aliphatic heterocycles. The predicted octanol–water partition coefficient (Wildman–Crippen LogP) is 1.42. The second-order valence-corrected chi connectivity index (χ2v) is 7.72. The van der Waals surface area contributed by atoms with Gasteiger partial charge in [0.2, 0.25) is 11.8 Å². The van der Waals surface area contributed by atoms with Gasteiger partial charge in [-0.2, -0.15) is 0 Å². The highest BCUT2D eigenvalue weighted by atomic mass is 32.1. The Bertz CT molecular complexity index is 672. The van der Waals surface area contributed by atoms with Gasteiger partial charge in [-0.3, -0.25) is 14.5 Å². The maximum Gasteiger partial charge on any atom is 0.237 e. The summed E-state index contributed by atoms with van der Waals surface area (Å²) in [6.45, 7) is 1.39. The van der Waals surface area contributed by atoms with Crippen molar-refractivity contribution in [2.45, 2.75) is 24.9 Å². The van der Waals surface area contributed by atoms with E-state index in [1.807, 2.05) is 28.8 Å². The van der Waals surface area contributed by atoms with Crippen molar-refractivity contribution in [2.24, 2.45) is 0 Å². The third-order valence-corrected chi connectivity index (χ3v) is 5.84. The fourth-order valence-corrected chi connectivity index (χ4v) is 4.18. The number of piperazine rings is 1. The molecular weight excluding hydrogens is 344 g/mol. The number of amides is 2. The highest BCUT2D eigenvalue weighted by molar-refractivity contribution is 7.10. The van der Waals surface area contributed by atoms with Crippen LogP contribution in [0.5, 0.6) is 0 Å². The summed E-state index contributed by atoms with van der Waals surface area (Å²) in [7, 11) is 1.88. The molecule has 6 nitrogen and oxygen atoms in total. The van der Waals surface area contributed by atoms with E-state index in [-0.39, 0.29) is 24.3 Å². The van der Waals surface area contributed by atoms with E-state index in [1.165, 1.54) is 16.2 Å². The van der Waals surface area contributed by atoms with Crippen LogP contribution in [0.15, 0.2) is 29.1 Å². The van der Waals surface area contributed by atoms with Crippen LogP contribution in [0.2, 0.25) is 0 Å². The first-order valence-corrected chi connectivity index (χ1v) is 9.58. The van der Waals surface area contributed by atoms with Crippen LogP contribution in [0.3, 0.4) is 0 Å². The molecule has 2 amide bonds. The minimum absolute atomic E-state index is 0.0806. The summed E-state index contributed by atoms with van der Waals surface area (Å²) in [6.07, 6.45) is 2.62. The van der Waals surface area contributed by atoms with Crippen LogP contribution >= 0.6 is 22.7 Å². The van der Waals surface area contributed by atoms with Crippen molar-refractivity contribution in [1.82, 2.24) is 20.5 Å². The Labute approximate surface area is 148 Å². The van der Waals surface area contributed by atoms with Crippen LogP contribution in [-0.4, -0.2) is 47.9 Å². The SMILES string of the molecule is CN1CCNC(=O)[C@H]1CC(=O)N[C@H](Cc1cccs1)c1nccs1. The minimum atomic E-state index is -0.405. The summed E-state index contributed by atoms with van der Waals surface area (Å²) < 4.78 is 0. The number of aromatic nitrogens is 1. The topological polar surface area (TPSA) is 74.3 Å². The lowest BCUT2D eigenvalue weighted by Crippen LogP contribution is -2.55. The molecule has 1 aliphatic rings. The number of carbonyl (C=O) groups is 2. The molecule has 0 radical (unpaired) electrons. The smallest absolute Gasteiger partial charge is 0.237 e. The summed E-state index contributed by atoms with van der Waals surface area (Å²) in [6, 6.07) is 3.49. The zero-order chi connectivity index (χ0) is 16.9. The number of nitrogens with zero attached hydrogens (tertiary/aromatic N) is 2. The standard InChI is InChI=1S/C16H20N4O2S2/c1-20-6-4-17-15(22)13(20)10-14(21)19-12(16-18-5-8-24-16)9-11-3-2-7-23-11/h2-3,5,7-8,12-13H,4,6,9-10H2,1H3,(H,17,22)(H,19,21)/t12-,13-/m1/s1. The Balaban J connectivity index is 1.65. The number of carbonyl (C=O) groups excluding carboxylic acids is 2.